The van der Waals surface area contributed by atoms with E-state index in [2.05, 4.69) is 10.1 Å². The number of benzene rings is 1. The second-order valence-corrected chi connectivity index (χ2v) is 4.34. The first kappa shape index (κ1) is 13.0. The van der Waals surface area contributed by atoms with Gasteiger partial charge in [-0.05, 0) is 42.5 Å². The molecule has 0 spiro atoms. The highest BCUT2D eigenvalue weighted by molar-refractivity contribution is 5.88. The van der Waals surface area contributed by atoms with Crippen LogP contribution in [0.25, 0.3) is 16.9 Å². The standard InChI is InChI=1S/C15H10FN3O2/c16-11-1-3-12(4-2-11)19-14(15(20)21)9-13(18-19)10-5-7-17-8-6-10/h1-9H,(H,20,21). The molecule has 0 fully saturated rings. The Morgan fingerprint density at radius 1 is 1.10 bits per heavy atom. The summed E-state index contributed by atoms with van der Waals surface area (Å²) in [4.78, 5) is 15.3. The van der Waals surface area contributed by atoms with Gasteiger partial charge in [-0.25, -0.2) is 13.9 Å². The number of rotatable bonds is 3. The average Bonchev–Trinajstić information content (AvgIpc) is 2.94. The van der Waals surface area contributed by atoms with Gasteiger partial charge in [-0.1, -0.05) is 0 Å². The van der Waals surface area contributed by atoms with Crippen molar-refractivity contribution in [3.05, 3.63) is 66.4 Å². The van der Waals surface area contributed by atoms with Crippen molar-refractivity contribution in [1.82, 2.24) is 14.8 Å². The zero-order valence-electron chi connectivity index (χ0n) is 10.8. The number of carboxylic acids is 1. The summed E-state index contributed by atoms with van der Waals surface area (Å²) >= 11 is 0. The monoisotopic (exact) mass is 283 g/mol. The number of aromatic nitrogens is 3. The van der Waals surface area contributed by atoms with Crippen LogP contribution in [-0.4, -0.2) is 25.8 Å². The maximum absolute atomic E-state index is 13.0. The first-order valence-corrected chi connectivity index (χ1v) is 6.15. The molecule has 1 aromatic carbocycles. The van der Waals surface area contributed by atoms with Gasteiger partial charge in [0.1, 0.15) is 5.82 Å². The molecule has 0 unspecified atom stereocenters. The van der Waals surface area contributed by atoms with Gasteiger partial charge in [0.05, 0.1) is 11.4 Å². The van der Waals surface area contributed by atoms with E-state index in [1.54, 1.807) is 24.5 Å². The van der Waals surface area contributed by atoms with E-state index in [1.807, 2.05) is 0 Å². The van der Waals surface area contributed by atoms with Gasteiger partial charge >= 0.3 is 5.97 Å². The summed E-state index contributed by atoms with van der Waals surface area (Å²) in [6.45, 7) is 0. The fourth-order valence-corrected chi connectivity index (χ4v) is 1.98. The summed E-state index contributed by atoms with van der Waals surface area (Å²) in [5.74, 6) is -1.50. The molecule has 3 rings (SSSR count). The first-order valence-electron chi connectivity index (χ1n) is 6.15. The van der Waals surface area contributed by atoms with Crippen LogP contribution in [0.4, 0.5) is 4.39 Å². The normalized spacial score (nSPS) is 10.5. The van der Waals surface area contributed by atoms with Crippen LogP contribution in [-0.2, 0) is 0 Å². The molecule has 6 heteroatoms. The summed E-state index contributed by atoms with van der Waals surface area (Å²) < 4.78 is 14.3. The summed E-state index contributed by atoms with van der Waals surface area (Å²) in [6, 6.07) is 10.4. The van der Waals surface area contributed by atoms with Crippen molar-refractivity contribution in [2.45, 2.75) is 0 Å². The smallest absolute Gasteiger partial charge is 0.354 e. The lowest BCUT2D eigenvalue weighted by atomic mass is 10.2. The third-order valence-electron chi connectivity index (χ3n) is 2.98. The number of carboxylic acid groups (broad SMARTS) is 1. The van der Waals surface area contributed by atoms with E-state index in [4.69, 9.17) is 0 Å². The van der Waals surface area contributed by atoms with E-state index in [1.165, 1.54) is 35.0 Å². The van der Waals surface area contributed by atoms with E-state index in [-0.39, 0.29) is 5.69 Å². The van der Waals surface area contributed by atoms with Crippen molar-refractivity contribution in [2.24, 2.45) is 0 Å². The molecule has 0 radical (unpaired) electrons. The number of aromatic carboxylic acids is 1. The summed E-state index contributed by atoms with van der Waals surface area (Å²) in [7, 11) is 0. The predicted molar refractivity (Wildman–Crippen MR) is 73.7 cm³/mol. The number of hydrogen-bond donors (Lipinski definition) is 1. The second kappa shape index (κ2) is 5.16. The Hall–Kier alpha value is -3.02. The Bertz CT molecular complexity index is 782. The summed E-state index contributed by atoms with van der Waals surface area (Å²) in [5.41, 5.74) is 1.76. The predicted octanol–water partition coefficient (Wildman–Crippen LogP) is 2.77. The molecule has 3 aromatic rings. The molecule has 5 nitrogen and oxygen atoms in total. The molecule has 0 saturated carbocycles. The van der Waals surface area contributed by atoms with Gasteiger partial charge in [-0.3, -0.25) is 4.98 Å². The van der Waals surface area contributed by atoms with Gasteiger partial charge in [0.25, 0.3) is 0 Å². The Balaban J connectivity index is 2.14. The van der Waals surface area contributed by atoms with Gasteiger partial charge < -0.3 is 5.11 Å². The molecule has 0 bridgehead atoms. The first-order chi connectivity index (χ1) is 10.1. The van der Waals surface area contributed by atoms with Crippen LogP contribution in [0.2, 0.25) is 0 Å². The van der Waals surface area contributed by atoms with Crippen molar-refractivity contribution in [1.29, 1.82) is 0 Å². The Kier molecular flexibility index (Phi) is 3.19. The van der Waals surface area contributed by atoms with Crippen molar-refractivity contribution in [2.75, 3.05) is 0 Å². The number of pyridine rings is 1. The lowest BCUT2D eigenvalue weighted by Gasteiger charge is -2.03. The van der Waals surface area contributed by atoms with Gasteiger partial charge in [-0.2, -0.15) is 5.10 Å². The van der Waals surface area contributed by atoms with Gasteiger partial charge in [0, 0.05) is 18.0 Å². The Morgan fingerprint density at radius 2 is 1.76 bits per heavy atom. The third kappa shape index (κ3) is 2.51. The molecule has 0 aliphatic carbocycles. The molecule has 0 saturated heterocycles. The maximum Gasteiger partial charge on any atom is 0.354 e. The van der Waals surface area contributed by atoms with Crippen LogP contribution >= 0.6 is 0 Å². The largest absolute Gasteiger partial charge is 0.477 e. The van der Waals surface area contributed by atoms with E-state index in [0.717, 1.165) is 5.56 Å². The average molecular weight is 283 g/mol. The van der Waals surface area contributed by atoms with Crippen molar-refractivity contribution in [3.8, 4) is 16.9 Å². The molecule has 1 N–H and O–H groups in total. The molecule has 0 aliphatic heterocycles. The molecular formula is C15H10FN3O2. The maximum atomic E-state index is 13.0. The summed E-state index contributed by atoms with van der Waals surface area (Å²) in [6.07, 6.45) is 3.21. The molecular weight excluding hydrogens is 273 g/mol. The van der Waals surface area contributed by atoms with Crippen LogP contribution in [0.15, 0.2) is 54.9 Å². The highest BCUT2D eigenvalue weighted by Gasteiger charge is 2.16. The van der Waals surface area contributed by atoms with E-state index in [0.29, 0.717) is 11.4 Å². The highest BCUT2D eigenvalue weighted by Crippen LogP contribution is 2.21. The van der Waals surface area contributed by atoms with Crippen molar-refractivity contribution < 1.29 is 14.3 Å². The summed E-state index contributed by atoms with van der Waals surface area (Å²) in [5, 5.41) is 13.6. The van der Waals surface area contributed by atoms with Crippen LogP contribution in [0.1, 0.15) is 10.5 Å². The Labute approximate surface area is 119 Å². The fraction of sp³-hybridized carbons (Fsp3) is 0. The van der Waals surface area contributed by atoms with Gasteiger partial charge in [0.15, 0.2) is 5.69 Å². The Morgan fingerprint density at radius 3 is 2.38 bits per heavy atom. The minimum Gasteiger partial charge on any atom is -0.477 e. The molecule has 0 atom stereocenters. The van der Waals surface area contributed by atoms with Gasteiger partial charge in [0.2, 0.25) is 0 Å². The molecule has 104 valence electrons. The minimum absolute atomic E-state index is 0.00780. The number of nitrogens with zero attached hydrogens (tertiary/aromatic N) is 3. The molecule has 2 heterocycles. The fourth-order valence-electron chi connectivity index (χ4n) is 1.98. The second-order valence-electron chi connectivity index (χ2n) is 4.34. The van der Waals surface area contributed by atoms with Gasteiger partial charge in [-0.15, -0.1) is 0 Å². The van der Waals surface area contributed by atoms with Crippen molar-refractivity contribution in [3.63, 3.8) is 0 Å². The molecule has 2 aromatic heterocycles. The van der Waals surface area contributed by atoms with E-state index >= 15 is 0 Å². The minimum atomic E-state index is -1.10. The lowest BCUT2D eigenvalue weighted by Crippen LogP contribution is -2.07. The lowest BCUT2D eigenvalue weighted by molar-refractivity contribution is 0.0687. The third-order valence-corrected chi connectivity index (χ3v) is 2.98. The highest BCUT2D eigenvalue weighted by atomic mass is 19.1. The number of carbonyl (C=O) groups is 1. The zero-order valence-corrected chi connectivity index (χ0v) is 10.8. The number of halogens is 1. The van der Waals surface area contributed by atoms with Crippen LogP contribution < -0.4 is 0 Å². The number of hydrogen-bond acceptors (Lipinski definition) is 3. The molecule has 0 amide bonds. The van der Waals surface area contributed by atoms with E-state index < -0.39 is 11.8 Å². The SMILES string of the molecule is O=C(O)c1cc(-c2ccncc2)nn1-c1ccc(F)cc1. The van der Waals surface area contributed by atoms with E-state index in [9.17, 15) is 14.3 Å². The molecule has 21 heavy (non-hydrogen) atoms. The quantitative estimate of drug-likeness (QED) is 0.802. The van der Waals surface area contributed by atoms with Crippen LogP contribution in [0.3, 0.4) is 0 Å². The van der Waals surface area contributed by atoms with Crippen LogP contribution in [0.5, 0.6) is 0 Å². The zero-order chi connectivity index (χ0) is 14.8. The topological polar surface area (TPSA) is 68.0 Å². The van der Waals surface area contributed by atoms with Crippen molar-refractivity contribution >= 4 is 5.97 Å². The van der Waals surface area contributed by atoms with Crippen LogP contribution in [0, 0.1) is 5.82 Å². The molecule has 0 aliphatic rings.